The van der Waals surface area contributed by atoms with Gasteiger partial charge in [0.15, 0.2) is 0 Å². The number of methoxy groups -OCH3 is 1. The van der Waals surface area contributed by atoms with E-state index in [0.29, 0.717) is 0 Å². The maximum absolute atomic E-state index is 6.13. The topological polar surface area (TPSA) is 21.7 Å². The lowest BCUT2D eigenvalue weighted by atomic mass is 9.79. The second-order valence-corrected chi connectivity index (χ2v) is 6.74. The van der Waals surface area contributed by atoms with Crippen molar-refractivity contribution in [2.75, 3.05) is 33.4 Å². The first kappa shape index (κ1) is 15.0. The maximum Gasteiger partial charge on any atom is 0.0937 e. The third-order valence-corrected chi connectivity index (χ3v) is 5.00. The van der Waals surface area contributed by atoms with Crippen molar-refractivity contribution >= 4 is 0 Å². The standard InChI is InChI=1S/C18H27NO2/c1-15-5-3-4-6-17(15)12-19-13-18(14-19)11-16(7-9-20-2)8-10-21-18/h3-6,16H,7-14H2,1-2H3. The van der Waals surface area contributed by atoms with Crippen LogP contribution in [-0.4, -0.2) is 43.9 Å². The highest BCUT2D eigenvalue weighted by Crippen LogP contribution is 2.38. The van der Waals surface area contributed by atoms with Crippen LogP contribution >= 0.6 is 0 Å². The van der Waals surface area contributed by atoms with E-state index in [1.54, 1.807) is 7.11 Å². The van der Waals surface area contributed by atoms with Gasteiger partial charge in [0.05, 0.1) is 5.60 Å². The molecule has 0 aliphatic carbocycles. The van der Waals surface area contributed by atoms with Gasteiger partial charge in [-0.05, 0) is 43.2 Å². The maximum atomic E-state index is 6.13. The van der Waals surface area contributed by atoms with Crippen molar-refractivity contribution in [3.63, 3.8) is 0 Å². The van der Waals surface area contributed by atoms with Gasteiger partial charge < -0.3 is 9.47 Å². The summed E-state index contributed by atoms with van der Waals surface area (Å²) in [7, 11) is 1.79. The molecule has 1 aromatic rings. The third-order valence-electron chi connectivity index (χ3n) is 5.00. The molecule has 0 radical (unpaired) electrons. The Bertz CT molecular complexity index is 468. The number of nitrogens with zero attached hydrogens (tertiary/aromatic N) is 1. The van der Waals surface area contributed by atoms with E-state index >= 15 is 0 Å². The summed E-state index contributed by atoms with van der Waals surface area (Å²) in [5.41, 5.74) is 2.97. The number of hydrogen-bond donors (Lipinski definition) is 0. The van der Waals surface area contributed by atoms with E-state index < -0.39 is 0 Å². The Morgan fingerprint density at radius 1 is 1.33 bits per heavy atom. The van der Waals surface area contributed by atoms with E-state index in [-0.39, 0.29) is 5.60 Å². The molecule has 0 aromatic heterocycles. The largest absolute Gasteiger partial charge is 0.385 e. The van der Waals surface area contributed by atoms with Gasteiger partial charge in [-0.15, -0.1) is 0 Å². The SMILES string of the molecule is COCCC1CCOC2(C1)CN(Cc1ccccc1C)C2. The van der Waals surface area contributed by atoms with Crippen molar-refractivity contribution < 1.29 is 9.47 Å². The quantitative estimate of drug-likeness (QED) is 0.832. The molecule has 2 fully saturated rings. The van der Waals surface area contributed by atoms with Crippen molar-refractivity contribution in [1.29, 1.82) is 0 Å². The van der Waals surface area contributed by atoms with Crippen molar-refractivity contribution in [2.24, 2.45) is 5.92 Å². The van der Waals surface area contributed by atoms with Gasteiger partial charge in [0.2, 0.25) is 0 Å². The Kier molecular flexibility index (Phi) is 4.63. The molecule has 2 aliphatic heterocycles. The smallest absolute Gasteiger partial charge is 0.0937 e. The molecule has 1 atom stereocenters. The average molecular weight is 289 g/mol. The highest BCUT2D eigenvalue weighted by atomic mass is 16.5. The van der Waals surface area contributed by atoms with Crippen molar-refractivity contribution in [2.45, 2.75) is 38.3 Å². The molecule has 3 rings (SSSR count). The molecule has 0 saturated carbocycles. The minimum atomic E-state index is 0.138. The van der Waals surface area contributed by atoms with Gasteiger partial charge in [0.1, 0.15) is 0 Å². The van der Waals surface area contributed by atoms with Crippen LogP contribution in [0, 0.1) is 12.8 Å². The number of benzene rings is 1. The molecular formula is C18H27NO2. The van der Waals surface area contributed by atoms with Crippen LogP contribution in [0.2, 0.25) is 0 Å². The Labute approximate surface area is 128 Å². The monoisotopic (exact) mass is 289 g/mol. The lowest BCUT2D eigenvalue weighted by molar-refractivity contribution is -0.182. The van der Waals surface area contributed by atoms with E-state index in [1.807, 2.05) is 0 Å². The molecule has 1 unspecified atom stereocenters. The van der Waals surface area contributed by atoms with Crippen LogP contribution in [0.3, 0.4) is 0 Å². The van der Waals surface area contributed by atoms with Gasteiger partial charge in [-0.1, -0.05) is 24.3 Å². The first-order valence-electron chi connectivity index (χ1n) is 8.10. The van der Waals surface area contributed by atoms with Gasteiger partial charge in [0, 0.05) is 40.0 Å². The highest BCUT2D eigenvalue weighted by molar-refractivity contribution is 5.26. The summed E-state index contributed by atoms with van der Waals surface area (Å²) in [6.07, 6.45) is 3.59. The molecule has 2 saturated heterocycles. The van der Waals surface area contributed by atoms with Crippen molar-refractivity contribution in [1.82, 2.24) is 4.90 Å². The number of rotatable bonds is 5. The number of likely N-dealkylation sites (tertiary alicyclic amines) is 1. The molecule has 0 N–H and O–H groups in total. The summed E-state index contributed by atoms with van der Waals surface area (Å²) in [6, 6.07) is 8.68. The molecule has 1 spiro atoms. The predicted molar refractivity (Wildman–Crippen MR) is 84.4 cm³/mol. The second-order valence-electron chi connectivity index (χ2n) is 6.74. The molecule has 1 aromatic carbocycles. The molecule has 3 nitrogen and oxygen atoms in total. The summed E-state index contributed by atoms with van der Waals surface area (Å²) in [6.45, 7) is 7.24. The molecule has 2 heterocycles. The van der Waals surface area contributed by atoms with Crippen LogP contribution in [0.1, 0.15) is 30.4 Å². The van der Waals surface area contributed by atoms with Crippen LogP contribution < -0.4 is 0 Å². The van der Waals surface area contributed by atoms with Gasteiger partial charge in [-0.25, -0.2) is 0 Å². The molecule has 21 heavy (non-hydrogen) atoms. The van der Waals surface area contributed by atoms with Crippen LogP contribution in [0.4, 0.5) is 0 Å². The van der Waals surface area contributed by atoms with Gasteiger partial charge in [-0.3, -0.25) is 4.90 Å². The fourth-order valence-electron chi connectivity index (χ4n) is 3.79. The predicted octanol–water partition coefficient (Wildman–Crippen LogP) is 3.01. The first-order valence-corrected chi connectivity index (χ1v) is 8.10. The fourth-order valence-corrected chi connectivity index (χ4v) is 3.79. The number of hydrogen-bond acceptors (Lipinski definition) is 3. The summed E-state index contributed by atoms with van der Waals surface area (Å²) < 4.78 is 11.4. The third kappa shape index (κ3) is 3.47. The highest BCUT2D eigenvalue weighted by Gasteiger charge is 2.47. The number of ether oxygens (including phenoxy) is 2. The Balaban J connectivity index is 1.51. The fraction of sp³-hybridized carbons (Fsp3) is 0.667. The zero-order valence-corrected chi connectivity index (χ0v) is 13.3. The normalized spacial score (nSPS) is 25.0. The summed E-state index contributed by atoms with van der Waals surface area (Å²) >= 11 is 0. The van der Waals surface area contributed by atoms with Gasteiger partial charge in [-0.2, -0.15) is 0 Å². The van der Waals surface area contributed by atoms with Crippen molar-refractivity contribution in [3.05, 3.63) is 35.4 Å². The van der Waals surface area contributed by atoms with E-state index in [1.165, 1.54) is 30.4 Å². The van der Waals surface area contributed by atoms with E-state index in [2.05, 4.69) is 36.1 Å². The van der Waals surface area contributed by atoms with Crippen LogP contribution in [0.5, 0.6) is 0 Å². The van der Waals surface area contributed by atoms with E-state index in [9.17, 15) is 0 Å². The lowest BCUT2D eigenvalue weighted by Gasteiger charge is -2.53. The van der Waals surface area contributed by atoms with Crippen LogP contribution in [0.25, 0.3) is 0 Å². The molecule has 116 valence electrons. The van der Waals surface area contributed by atoms with E-state index in [4.69, 9.17) is 9.47 Å². The van der Waals surface area contributed by atoms with E-state index in [0.717, 1.165) is 38.8 Å². The average Bonchev–Trinajstić information content (AvgIpc) is 2.46. The summed E-state index contributed by atoms with van der Waals surface area (Å²) in [5, 5.41) is 0. The second kappa shape index (κ2) is 6.47. The zero-order valence-electron chi connectivity index (χ0n) is 13.3. The molecule has 0 amide bonds. The Morgan fingerprint density at radius 2 is 2.14 bits per heavy atom. The molecular weight excluding hydrogens is 262 g/mol. The Morgan fingerprint density at radius 3 is 2.90 bits per heavy atom. The van der Waals surface area contributed by atoms with Gasteiger partial charge in [0.25, 0.3) is 0 Å². The van der Waals surface area contributed by atoms with Crippen LogP contribution in [-0.2, 0) is 16.0 Å². The first-order chi connectivity index (χ1) is 10.2. The Hall–Kier alpha value is -0.900. The molecule has 2 aliphatic rings. The molecule has 3 heteroatoms. The minimum absolute atomic E-state index is 0.138. The van der Waals surface area contributed by atoms with Gasteiger partial charge >= 0.3 is 0 Å². The minimum Gasteiger partial charge on any atom is -0.385 e. The summed E-state index contributed by atoms with van der Waals surface area (Å²) in [4.78, 5) is 2.51. The number of aryl methyl sites for hydroxylation is 1. The molecule has 0 bridgehead atoms. The zero-order chi connectivity index (χ0) is 14.7. The lowest BCUT2D eigenvalue weighted by Crippen LogP contribution is -2.64. The van der Waals surface area contributed by atoms with Crippen LogP contribution in [0.15, 0.2) is 24.3 Å². The summed E-state index contributed by atoms with van der Waals surface area (Å²) in [5.74, 6) is 0.777. The van der Waals surface area contributed by atoms with Crippen molar-refractivity contribution in [3.8, 4) is 0 Å².